The van der Waals surface area contributed by atoms with Crippen LogP contribution in [0.1, 0.15) is 11.1 Å². The number of piperazine rings is 2. The highest BCUT2D eigenvalue weighted by Gasteiger charge is 2.24. The van der Waals surface area contributed by atoms with Crippen LogP contribution in [0.5, 0.6) is 5.75 Å². The number of nitrogens with zero attached hydrogens (tertiary/aromatic N) is 4. The van der Waals surface area contributed by atoms with Crippen LogP contribution in [0.25, 0.3) is 0 Å². The summed E-state index contributed by atoms with van der Waals surface area (Å²) in [5.41, 5.74) is 4.85. The Labute approximate surface area is 196 Å². The molecule has 6 nitrogen and oxygen atoms in total. The zero-order valence-electron chi connectivity index (χ0n) is 19.3. The van der Waals surface area contributed by atoms with E-state index in [1.807, 2.05) is 23.1 Å². The van der Waals surface area contributed by atoms with Crippen molar-refractivity contribution in [1.82, 2.24) is 9.80 Å². The van der Waals surface area contributed by atoms with Crippen LogP contribution in [-0.4, -0.2) is 81.7 Å². The molecule has 0 radical (unpaired) electrons. The normalized spacial score (nSPS) is 17.6. The molecule has 0 aromatic heterocycles. The van der Waals surface area contributed by atoms with Gasteiger partial charge in [-0.1, -0.05) is 23.7 Å². The predicted molar refractivity (Wildman–Crippen MR) is 131 cm³/mol. The van der Waals surface area contributed by atoms with Crippen LogP contribution in [0.4, 0.5) is 11.4 Å². The Balaban J connectivity index is 1.34. The average Bonchev–Trinajstić information content (AvgIpc) is 2.80. The molecule has 2 fully saturated rings. The van der Waals surface area contributed by atoms with Crippen molar-refractivity contribution in [3.05, 3.63) is 52.5 Å². The summed E-state index contributed by atoms with van der Waals surface area (Å²) in [7, 11) is 2.13. The van der Waals surface area contributed by atoms with E-state index in [4.69, 9.17) is 16.3 Å². The first-order valence-corrected chi connectivity index (χ1v) is 11.7. The van der Waals surface area contributed by atoms with Crippen molar-refractivity contribution in [1.29, 1.82) is 0 Å². The van der Waals surface area contributed by atoms with Gasteiger partial charge in [-0.05, 0) is 56.3 Å². The highest BCUT2D eigenvalue weighted by atomic mass is 35.5. The first kappa shape index (κ1) is 22.7. The molecule has 0 N–H and O–H groups in total. The van der Waals surface area contributed by atoms with Crippen molar-refractivity contribution >= 4 is 28.9 Å². The first-order chi connectivity index (χ1) is 15.4. The molecule has 2 aliphatic heterocycles. The van der Waals surface area contributed by atoms with E-state index >= 15 is 0 Å². The third-order valence-corrected chi connectivity index (χ3v) is 6.90. The van der Waals surface area contributed by atoms with Crippen LogP contribution in [-0.2, 0) is 4.79 Å². The van der Waals surface area contributed by atoms with Crippen molar-refractivity contribution in [3.63, 3.8) is 0 Å². The van der Waals surface area contributed by atoms with Gasteiger partial charge in [-0.2, -0.15) is 0 Å². The topological polar surface area (TPSA) is 39.3 Å². The van der Waals surface area contributed by atoms with Crippen LogP contribution >= 0.6 is 11.6 Å². The van der Waals surface area contributed by atoms with E-state index < -0.39 is 0 Å². The average molecular weight is 457 g/mol. The molecule has 7 heteroatoms. The molecule has 0 aliphatic carbocycles. The quantitative estimate of drug-likeness (QED) is 0.689. The lowest BCUT2D eigenvalue weighted by atomic mass is 10.1. The summed E-state index contributed by atoms with van der Waals surface area (Å²) in [6, 6.07) is 12.1. The lowest BCUT2D eigenvalue weighted by Crippen LogP contribution is -2.50. The van der Waals surface area contributed by atoms with E-state index in [9.17, 15) is 4.79 Å². The van der Waals surface area contributed by atoms with Gasteiger partial charge >= 0.3 is 0 Å². The molecule has 0 bridgehead atoms. The van der Waals surface area contributed by atoms with Crippen LogP contribution < -0.4 is 14.5 Å². The summed E-state index contributed by atoms with van der Waals surface area (Å²) < 4.78 is 6.01. The maximum atomic E-state index is 12.9. The highest BCUT2D eigenvalue weighted by Crippen LogP contribution is 2.32. The molecule has 2 aliphatic rings. The summed E-state index contributed by atoms with van der Waals surface area (Å²) in [4.78, 5) is 21.7. The Morgan fingerprint density at radius 3 is 2.28 bits per heavy atom. The smallest absolute Gasteiger partial charge is 0.260 e. The standard InChI is InChI=1S/C25H33ClN4O2/c1-19-5-4-6-22(20(19)2)28-13-15-30(16-14-28)25(31)18-32-24-8-7-21(26)17-23(24)29-11-9-27(3)10-12-29/h4-8,17H,9-16,18H2,1-3H3. The molecule has 172 valence electrons. The fourth-order valence-corrected chi connectivity index (χ4v) is 4.58. The SMILES string of the molecule is Cc1cccc(N2CCN(C(=O)COc3ccc(Cl)cc3N3CCN(C)CC3)CC2)c1C. The molecule has 0 spiro atoms. The van der Waals surface area contributed by atoms with E-state index in [2.05, 4.69) is 53.8 Å². The molecule has 1 amide bonds. The second-order valence-corrected chi connectivity index (χ2v) is 9.21. The number of hydrogen-bond acceptors (Lipinski definition) is 5. The van der Waals surface area contributed by atoms with Gasteiger partial charge in [0, 0.05) is 63.1 Å². The Morgan fingerprint density at radius 2 is 1.56 bits per heavy atom. The van der Waals surface area contributed by atoms with E-state index in [0.29, 0.717) is 18.1 Å². The molecular weight excluding hydrogens is 424 g/mol. The molecule has 2 aromatic rings. The number of carbonyl (C=O) groups is 1. The van der Waals surface area contributed by atoms with Crippen LogP contribution in [0.3, 0.4) is 0 Å². The van der Waals surface area contributed by atoms with Gasteiger partial charge in [-0.25, -0.2) is 0 Å². The summed E-state index contributed by atoms with van der Waals surface area (Å²) in [6.07, 6.45) is 0. The summed E-state index contributed by atoms with van der Waals surface area (Å²) >= 11 is 6.26. The number of carbonyl (C=O) groups excluding carboxylic acids is 1. The van der Waals surface area contributed by atoms with Crippen LogP contribution in [0, 0.1) is 13.8 Å². The number of hydrogen-bond donors (Lipinski definition) is 0. The maximum Gasteiger partial charge on any atom is 0.260 e. The van der Waals surface area contributed by atoms with Crippen molar-refractivity contribution in [2.75, 3.05) is 75.8 Å². The number of rotatable bonds is 5. The molecule has 0 unspecified atom stereocenters. The van der Waals surface area contributed by atoms with Gasteiger partial charge in [-0.15, -0.1) is 0 Å². The molecule has 0 saturated carbocycles. The first-order valence-electron chi connectivity index (χ1n) is 11.4. The molecular formula is C25H33ClN4O2. The lowest BCUT2D eigenvalue weighted by Gasteiger charge is -2.37. The van der Waals surface area contributed by atoms with Gasteiger partial charge < -0.3 is 24.3 Å². The van der Waals surface area contributed by atoms with Gasteiger partial charge in [0.15, 0.2) is 6.61 Å². The van der Waals surface area contributed by atoms with Gasteiger partial charge in [0.1, 0.15) is 5.75 Å². The molecule has 0 atom stereocenters. The second-order valence-electron chi connectivity index (χ2n) is 8.78. The van der Waals surface area contributed by atoms with Gasteiger partial charge in [0.05, 0.1) is 5.69 Å². The van der Waals surface area contributed by atoms with Crippen LogP contribution in [0.2, 0.25) is 5.02 Å². The summed E-state index contributed by atoms with van der Waals surface area (Å²) in [5, 5.41) is 0.681. The number of likely N-dealkylation sites (N-methyl/N-ethyl adjacent to an activating group) is 1. The van der Waals surface area contributed by atoms with Crippen molar-refractivity contribution in [2.24, 2.45) is 0 Å². The van der Waals surface area contributed by atoms with Gasteiger partial charge in [0.2, 0.25) is 0 Å². The zero-order chi connectivity index (χ0) is 22.7. The molecule has 2 aromatic carbocycles. The van der Waals surface area contributed by atoms with Gasteiger partial charge in [0.25, 0.3) is 5.91 Å². The van der Waals surface area contributed by atoms with E-state index in [0.717, 1.165) is 50.7 Å². The molecule has 32 heavy (non-hydrogen) atoms. The zero-order valence-corrected chi connectivity index (χ0v) is 20.1. The third kappa shape index (κ3) is 5.13. The van der Waals surface area contributed by atoms with Crippen molar-refractivity contribution in [2.45, 2.75) is 13.8 Å². The number of anilines is 2. The molecule has 2 heterocycles. The summed E-state index contributed by atoms with van der Waals surface area (Å²) in [6.45, 7) is 11.3. The maximum absolute atomic E-state index is 12.9. The number of aryl methyl sites for hydroxylation is 1. The van der Waals surface area contributed by atoms with Crippen LogP contribution in [0.15, 0.2) is 36.4 Å². The number of amides is 1. The number of ether oxygens (including phenoxy) is 1. The fraction of sp³-hybridized carbons (Fsp3) is 0.480. The summed E-state index contributed by atoms with van der Waals surface area (Å²) in [5.74, 6) is 0.756. The fourth-order valence-electron chi connectivity index (χ4n) is 4.41. The number of halogens is 1. The van der Waals surface area contributed by atoms with E-state index in [1.54, 1.807) is 0 Å². The Morgan fingerprint density at radius 1 is 0.906 bits per heavy atom. The lowest BCUT2D eigenvalue weighted by molar-refractivity contribution is -0.133. The Hall–Kier alpha value is -2.44. The monoisotopic (exact) mass is 456 g/mol. The molecule has 4 rings (SSSR count). The Bertz CT molecular complexity index is 951. The highest BCUT2D eigenvalue weighted by molar-refractivity contribution is 6.30. The van der Waals surface area contributed by atoms with Crippen molar-refractivity contribution < 1.29 is 9.53 Å². The minimum atomic E-state index is 0.0323. The van der Waals surface area contributed by atoms with Gasteiger partial charge in [-0.3, -0.25) is 4.79 Å². The number of benzene rings is 2. The second kappa shape index (κ2) is 10.0. The molecule has 2 saturated heterocycles. The minimum absolute atomic E-state index is 0.0323. The van der Waals surface area contributed by atoms with Crippen molar-refractivity contribution in [3.8, 4) is 5.75 Å². The Kier molecular flexibility index (Phi) is 7.11. The minimum Gasteiger partial charge on any atom is -0.482 e. The van der Waals surface area contributed by atoms with E-state index in [-0.39, 0.29) is 12.5 Å². The van der Waals surface area contributed by atoms with E-state index in [1.165, 1.54) is 16.8 Å². The third-order valence-electron chi connectivity index (χ3n) is 6.67. The predicted octanol–water partition coefficient (Wildman–Crippen LogP) is 3.44. The largest absolute Gasteiger partial charge is 0.482 e.